The van der Waals surface area contributed by atoms with E-state index in [9.17, 15) is 18.3 Å². The molecular weight excluding hydrogens is 435 g/mol. The lowest BCUT2D eigenvalue weighted by atomic mass is 9.94. The largest absolute Gasteiger partial charge is 0.507 e. The van der Waals surface area contributed by atoms with Crippen molar-refractivity contribution in [1.82, 2.24) is 24.9 Å². The number of piperidine rings is 2. The molecule has 4 unspecified atom stereocenters. The highest BCUT2D eigenvalue weighted by Crippen LogP contribution is 2.70. The van der Waals surface area contributed by atoms with Crippen molar-refractivity contribution in [3.63, 3.8) is 0 Å². The Morgan fingerprint density at radius 2 is 1.79 bits per heavy atom. The molecule has 3 aliphatic rings. The summed E-state index contributed by atoms with van der Waals surface area (Å²) in [6.45, 7) is 1.88. The monoisotopic (exact) mass is 457 g/mol. The van der Waals surface area contributed by atoms with Crippen LogP contribution in [0.25, 0.3) is 16.9 Å². The number of benzene rings is 1. The van der Waals surface area contributed by atoms with Crippen LogP contribution in [-0.4, -0.2) is 72.7 Å². The minimum Gasteiger partial charge on any atom is -0.507 e. The standard InChI is InChI=1S/C23H22F3N5O2/c1-12-7-8-31(29-12)13-3-4-15(17(32)9-13)16-5-6-20(28-27-16)33-14-10-18-22(25)21(24)23(22,26)19(11-14)30(18)2/h3-9,14,18-19,21,32H,10-11H2,1-2H3. The molecule has 0 radical (unpaired) electrons. The molecule has 3 fully saturated rings. The average molecular weight is 457 g/mol. The summed E-state index contributed by atoms with van der Waals surface area (Å²) in [4.78, 5) is 1.60. The zero-order valence-electron chi connectivity index (χ0n) is 18.0. The quantitative estimate of drug-likeness (QED) is 0.648. The first-order chi connectivity index (χ1) is 15.7. The van der Waals surface area contributed by atoms with Crippen LogP contribution in [0.15, 0.2) is 42.6 Å². The Labute approximate surface area is 187 Å². The number of alkyl halides is 3. The maximum absolute atomic E-state index is 14.9. The van der Waals surface area contributed by atoms with Gasteiger partial charge in [-0.05, 0) is 38.2 Å². The smallest absolute Gasteiger partial charge is 0.233 e. The number of aromatic hydroxyl groups is 1. The molecule has 1 aliphatic carbocycles. The molecule has 0 spiro atoms. The van der Waals surface area contributed by atoms with Crippen molar-refractivity contribution in [2.24, 2.45) is 0 Å². The number of hydrogen-bond acceptors (Lipinski definition) is 6. The van der Waals surface area contributed by atoms with Gasteiger partial charge in [-0.25, -0.2) is 17.9 Å². The topological polar surface area (TPSA) is 76.3 Å². The molecule has 33 heavy (non-hydrogen) atoms. The van der Waals surface area contributed by atoms with Crippen molar-refractivity contribution >= 4 is 0 Å². The number of fused-ring (bicyclic) bond motifs is 5. The highest BCUT2D eigenvalue weighted by atomic mass is 19.2. The number of aryl methyl sites for hydroxylation is 1. The summed E-state index contributed by atoms with van der Waals surface area (Å²) in [5, 5.41) is 23.0. The molecule has 3 aromatic rings. The highest BCUT2D eigenvalue weighted by Gasteiger charge is 2.93. The molecule has 0 amide bonds. The summed E-state index contributed by atoms with van der Waals surface area (Å²) in [6, 6.07) is 8.52. The summed E-state index contributed by atoms with van der Waals surface area (Å²) in [6.07, 6.45) is -0.394. The predicted molar refractivity (Wildman–Crippen MR) is 113 cm³/mol. The molecule has 1 N–H and O–H groups in total. The molecule has 6 rings (SSSR count). The fourth-order valence-electron chi connectivity index (χ4n) is 5.57. The van der Waals surface area contributed by atoms with Crippen molar-refractivity contribution < 1.29 is 23.0 Å². The van der Waals surface area contributed by atoms with Crippen LogP contribution < -0.4 is 4.74 Å². The third-order valence-corrected chi connectivity index (χ3v) is 7.34. The van der Waals surface area contributed by atoms with E-state index >= 15 is 0 Å². The van der Waals surface area contributed by atoms with Gasteiger partial charge in [-0.2, -0.15) is 5.10 Å². The maximum atomic E-state index is 14.9. The summed E-state index contributed by atoms with van der Waals surface area (Å²) in [7, 11) is 1.63. The molecule has 4 heterocycles. The van der Waals surface area contributed by atoms with Gasteiger partial charge >= 0.3 is 0 Å². The van der Waals surface area contributed by atoms with E-state index < -0.39 is 35.7 Å². The Morgan fingerprint density at radius 3 is 2.36 bits per heavy atom. The molecule has 2 bridgehead atoms. The molecule has 2 aromatic heterocycles. The summed E-state index contributed by atoms with van der Waals surface area (Å²) < 4.78 is 51.2. The molecule has 7 nitrogen and oxygen atoms in total. The van der Waals surface area contributed by atoms with E-state index in [2.05, 4.69) is 15.3 Å². The average Bonchev–Trinajstić information content (AvgIpc) is 3.06. The molecule has 1 saturated carbocycles. The van der Waals surface area contributed by atoms with Crippen LogP contribution in [0.4, 0.5) is 13.2 Å². The zero-order chi connectivity index (χ0) is 23.1. The number of phenols is 1. The van der Waals surface area contributed by atoms with Crippen LogP contribution in [0.1, 0.15) is 18.5 Å². The van der Waals surface area contributed by atoms with Crippen LogP contribution in [-0.2, 0) is 0 Å². The third-order valence-electron chi connectivity index (χ3n) is 7.34. The highest BCUT2D eigenvalue weighted by molar-refractivity contribution is 5.68. The van der Waals surface area contributed by atoms with E-state index in [-0.39, 0.29) is 24.5 Å². The number of phenolic OH excluding ortho intramolecular Hbond substituents is 1. The Bertz CT molecular complexity index is 1210. The number of halogens is 3. The first-order valence-electron chi connectivity index (χ1n) is 10.8. The van der Waals surface area contributed by atoms with E-state index in [1.165, 1.54) is 0 Å². The van der Waals surface area contributed by atoms with Gasteiger partial charge in [0, 0.05) is 36.7 Å². The maximum Gasteiger partial charge on any atom is 0.233 e. The van der Waals surface area contributed by atoms with Crippen molar-refractivity contribution in [3.8, 4) is 28.6 Å². The van der Waals surface area contributed by atoms with E-state index in [4.69, 9.17) is 4.74 Å². The number of hydrogen-bond donors (Lipinski definition) is 1. The number of nitrogens with zero attached hydrogens (tertiary/aromatic N) is 5. The molecule has 2 aliphatic heterocycles. The van der Waals surface area contributed by atoms with Gasteiger partial charge in [-0.3, -0.25) is 4.90 Å². The fourth-order valence-corrected chi connectivity index (χ4v) is 5.57. The van der Waals surface area contributed by atoms with Crippen LogP contribution in [0.5, 0.6) is 11.6 Å². The van der Waals surface area contributed by atoms with Crippen molar-refractivity contribution in [1.29, 1.82) is 0 Å². The second kappa shape index (κ2) is 6.69. The molecule has 2 saturated heterocycles. The van der Waals surface area contributed by atoms with E-state index in [1.54, 1.807) is 47.1 Å². The van der Waals surface area contributed by atoms with Gasteiger partial charge in [0.2, 0.25) is 5.88 Å². The Morgan fingerprint density at radius 1 is 1.06 bits per heavy atom. The molecule has 1 aromatic carbocycles. The van der Waals surface area contributed by atoms with E-state index in [0.717, 1.165) is 5.69 Å². The van der Waals surface area contributed by atoms with Gasteiger partial charge in [-0.15, -0.1) is 10.2 Å². The lowest BCUT2D eigenvalue weighted by molar-refractivity contribution is 0.000527. The molecular formula is C23H22F3N5O2. The predicted octanol–water partition coefficient (Wildman–Crippen LogP) is 3.34. The van der Waals surface area contributed by atoms with E-state index in [0.29, 0.717) is 16.9 Å². The number of rotatable bonds is 4. The van der Waals surface area contributed by atoms with Crippen LogP contribution in [0.2, 0.25) is 0 Å². The van der Waals surface area contributed by atoms with E-state index in [1.807, 2.05) is 19.1 Å². The second-order valence-corrected chi connectivity index (χ2v) is 9.17. The minimum atomic E-state index is -2.45. The normalized spacial score (nSPS) is 34.8. The minimum absolute atomic E-state index is 0.0250. The lowest BCUT2D eigenvalue weighted by Crippen LogP contribution is -2.52. The molecule has 10 heteroatoms. The Balaban J connectivity index is 1.17. The Hall–Kier alpha value is -3.14. The fraction of sp³-hybridized carbons (Fsp3) is 0.435. The first-order valence-corrected chi connectivity index (χ1v) is 10.8. The van der Waals surface area contributed by atoms with Gasteiger partial charge in [0.1, 0.15) is 11.9 Å². The summed E-state index contributed by atoms with van der Waals surface area (Å²) in [5.74, 6) is 0.235. The van der Waals surface area contributed by atoms with Crippen LogP contribution in [0, 0.1) is 6.92 Å². The van der Waals surface area contributed by atoms with Gasteiger partial charge < -0.3 is 9.84 Å². The van der Waals surface area contributed by atoms with Crippen molar-refractivity contribution in [3.05, 3.63) is 48.3 Å². The van der Waals surface area contributed by atoms with Gasteiger partial charge in [0.25, 0.3) is 0 Å². The van der Waals surface area contributed by atoms with Gasteiger partial charge in [0.05, 0.1) is 29.2 Å². The zero-order valence-corrected chi connectivity index (χ0v) is 18.0. The molecule has 4 atom stereocenters. The Kier molecular flexibility index (Phi) is 4.15. The number of ether oxygens (including phenoxy) is 1. The van der Waals surface area contributed by atoms with Gasteiger partial charge in [0.15, 0.2) is 17.5 Å². The van der Waals surface area contributed by atoms with Crippen LogP contribution >= 0.6 is 0 Å². The summed E-state index contributed by atoms with van der Waals surface area (Å²) >= 11 is 0. The molecule has 172 valence electrons. The summed E-state index contributed by atoms with van der Waals surface area (Å²) in [5.41, 5.74) is -2.39. The third kappa shape index (κ3) is 2.70. The van der Waals surface area contributed by atoms with Crippen molar-refractivity contribution in [2.45, 2.75) is 55.5 Å². The van der Waals surface area contributed by atoms with Gasteiger partial charge in [-0.1, -0.05) is 0 Å². The second-order valence-electron chi connectivity index (χ2n) is 9.17. The lowest BCUT2D eigenvalue weighted by Gasteiger charge is -2.39. The SMILES string of the molecule is Cc1ccn(-c2ccc(-c3ccc(OC4CC5N(C)C(C4)C4(F)C(F)C54F)nn3)c(O)c2)n1. The van der Waals surface area contributed by atoms with Crippen LogP contribution in [0.3, 0.4) is 0 Å². The first kappa shape index (κ1) is 20.5. The van der Waals surface area contributed by atoms with Crippen molar-refractivity contribution in [2.75, 3.05) is 7.05 Å². The number of aromatic nitrogens is 4.